The van der Waals surface area contributed by atoms with Crippen molar-refractivity contribution in [2.75, 3.05) is 12.4 Å². The van der Waals surface area contributed by atoms with E-state index in [2.05, 4.69) is 29.8 Å². The minimum atomic E-state index is 0.0307. The molecule has 0 aliphatic rings. The van der Waals surface area contributed by atoms with E-state index in [1.54, 1.807) is 7.11 Å². The predicted octanol–water partition coefficient (Wildman–Crippen LogP) is 5.27. The molecule has 0 spiro atoms. The number of nitrogens with zero attached hydrogens (tertiary/aromatic N) is 3. The van der Waals surface area contributed by atoms with Crippen molar-refractivity contribution in [2.45, 2.75) is 65.8 Å². The van der Waals surface area contributed by atoms with Gasteiger partial charge in [-0.2, -0.15) is 0 Å². The minimum absolute atomic E-state index is 0.0307. The molecule has 3 aromatic rings. The number of hydrogen-bond donors (Lipinski definition) is 1. The third-order valence-corrected chi connectivity index (χ3v) is 5.25. The van der Waals surface area contributed by atoms with Crippen LogP contribution in [0.2, 0.25) is 0 Å². The molecule has 0 aliphatic carbocycles. The molecule has 0 fully saturated rings. The maximum Gasteiger partial charge on any atom is 0.224 e. The number of rotatable bonds is 10. The SMILES string of the molecule is CCCCC(=O)Nc1cc2nc(CCCC)n(Cc3cccc(OC)c3)c2nc1C. The minimum Gasteiger partial charge on any atom is -0.497 e. The number of pyridine rings is 1. The van der Waals surface area contributed by atoms with Crippen LogP contribution in [-0.2, 0) is 17.8 Å². The van der Waals surface area contributed by atoms with Crippen molar-refractivity contribution in [3.8, 4) is 5.75 Å². The van der Waals surface area contributed by atoms with Crippen LogP contribution in [0.15, 0.2) is 30.3 Å². The summed E-state index contributed by atoms with van der Waals surface area (Å²) in [5.41, 5.74) is 4.37. The number of ether oxygens (including phenoxy) is 1. The van der Waals surface area contributed by atoms with Crippen molar-refractivity contribution in [1.82, 2.24) is 14.5 Å². The van der Waals surface area contributed by atoms with Crippen LogP contribution in [0.3, 0.4) is 0 Å². The number of aryl methyl sites for hydroxylation is 2. The molecule has 30 heavy (non-hydrogen) atoms. The Kier molecular flexibility index (Phi) is 7.44. The highest BCUT2D eigenvalue weighted by atomic mass is 16.5. The lowest BCUT2D eigenvalue weighted by atomic mass is 10.2. The summed E-state index contributed by atoms with van der Waals surface area (Å²) in [6.45, 7) is 6.88. The average Bonchev–Trinajstić information content (AvgIpc) is 3.07. The number of anilines is 1. The summed E-state index contributed by atoms with van der Waals surface area (Å²) >= 11 is 0. The van der Waals surface area contributed by atoms with Gasteiger partial charge in [-0.3, -0.25) is 4.79 Å². The van der Waals surface area contributed by atoms with Crippen LogP contribution in [0.25, 0.3) is 11.2 Å². The Bertz CT molecular complexity index is 1010. The monoisotopic (exact) mass is 408 g/mol. The molecule has 0 unspecified atom stereocenters. The molecule has 0 atom stereocenters. The zero-order valence-electron chi connectivity index (χ0n) is 18.5. The molecule has 160 valence electrons. The number of benzene rings is 1. The number of hydrogen-bond acceptors (Lipinski definition) is 4. The molecule has 2 aromatic heterocycles. The molecular weight excluding hydrogens is 376 g/mol. The summed E-state index contributed by atoms with van der Waals surface area (Å²) < 4.78 is 7.57. The Morgan fingerprint density at radius 2 is 1.93 bits per heavy atom. The van der Waals surface area contributed by atoms with E-state index >= 15 is 0 Å². The summed E-state index contributed by atoms with van der Waals surface area (Å²) in [6, 6.07) is 10.0. The quantitative estimate of drug-likeness (QED) is 0.496. The van der Waals surface area contributed by atoms with E-state index in [0.29, 0.717) is 13.0 Å². The number of methoxy groups -OCH3 is 1. The van der Waals surface area contributed by atoms with Gasteiger partial charge < -0.3 is 14.6 Å². The Labute approximate surface area is 178 Å². The summed E-state index contributed by atoms with van der Waals surface area (Å²) in [7, 11) is 1.68. The molecule has 0 saturated carbocycles. The van der Waals surface area contributed by atoms with Crippen LogP contribution in [0.1, 0.15) is 63.0 Å². The molecule has 1 aromatic carbocycles. The molecule has 0 radical (unpaired) electrons. The lowest BCUT2D eigenvalue weighted by Gasteiger charge is -2.11. The Morgan fingerprint density at radius 1 is 1.13 bits per heavy atom. The number of fused-ring (bicyclic) bond motifs is 1. The van der Waals surface area contributed by atoms with Crippen molar-refractivity contribution in [3.63, 3.8) is 0 Å². The van der Waals surface area contributed by atoms with E-state index in [4.69, 9.17) is 14.7 Å². The molecular formula is C24H32N4O2. The number of carbonyl (C=O) groups excluding carboxylic acids is 1. The fourth-order valence-electron chi connectivity index (χ4n) is 3.51. The number of nitrogens with one attached hydrogen (secondary N) is 1. The van der Waals surface area contributed by atoms with Crippen molar-refractivity contribution in [2.24, 2.45) is 0 Å². The first-order valence-electron chi connectivity index (χ1n) is 10.8. The predicted molar refractivity (Wildman–Crippen MR) is 121 cm³/mol. The van der Waals surface area contributed by atoms with Crippen molar-refractivity contribution in [1.29, 1.82) is 0 Å². The van der Waals surface area contributed by atoms with Gasteiger partial charge >= 0.3 is 0 Å². The highest BCUT2D eigenvalue weighted by Gasteiger charge is 2.16. The number of carbonyl (C=O) groups is 1. The van der Waals surface area contributed by atoms with Crippen LogP contribution in [0.4, 0.5) is 5.69 Å². The molecule has 1 N–H and O–H groups in total. The summed E-state index contributed by atoms with van der Waals surface area (Å²) in [5, 5.41) is 3.01. The second-order valence-corrected chi connectivity index (χ2v) is 7.69. The van der Waals surface area contributed by atoms with Gasteiger partial charge in [0.2, 0.25) is 5.91 Å². The number of imidazole rings is 1. The first-order chi connectivity index (χ1) is 14.5. The first-order valence-corrected chi connectivity index (χ1v) is 10.8. The molecule has 3 rings (SSSR count). The number of amides is 1. The second kappa shape index (κ2) is 10.2. The molecule has 6 nitrogen and oxygen atoms in total. The fraction of sp³-hybridized carbons (Fsp3) is 0.458. The van der Waals surface area contributed by atoms with Crippen molar-refractivity contribution < 1.29 is 9.53 Å². The van der Waals surface area contributed by atoms with E-state index in [1.165, 1.54) is 0 Å². The Morgan fingerprint density at radius 3 is 2.67 bits per heavy atom. The molecule has 6 heteroatoms. The molecule has 0 saturated heterocycles. The summed E-state index contributed by atoms with van der Waals surface area (Å²) in [4.78, 5) is 21.9. The maximum atomic E-state index is 12.2. The highest BCUT2D eigenvalue weighted by Crippen LogP contribution is 2.24. The lowest BCUT2D eigenvalue weighted by molar-refractivity contribution is -0.116. The largest absolute Gasteiger partial charge is 0.497 e. The van der Waals surface area contributed by atoms with Crippen LogP contribution in [0.5, 0.6) is 5.75 Å². The van der Waals surface area contributed by atoms with Crippen LogP contribution >= 0.6 is 0 Å². The van der Waals surface area contributed by atoms with Crippen LogP contribution in [-0.4, -0.2) is 27.6 Å². The van der Waals surface area contributed by atoms with Gasteiger partial charge in [-0.1, -0.05) is 38.8 Å². The third kappa shape index (κ3) is 5.17. The molecule has 2 heterocycles. The van der Waals surface area contributed by atoms with Gasteiger partial charge in [0.1, 0.15) is 17.1 Å². The second-order valence-electron chi connectivity index (χ2n) is 7.69. The van der Waals surface area contributed by atoms with Crippen molar-refractivity contribution >= 4 is 22.8 Å². The van der Waals surface area contributed by atoms with Crippen LogP contribution in [0, 0.1) is 6.92 Å². The first kappa shape index (κ1) is 21.8. The van der Waals surface area contributed by atoms with E-state index in [0.717, 1.165) is 71.8 Å². The van der Waals surface area contributed by atoms with E-state index < -0.39 is 0 Å². The molecule has 0 bridgehead atoms. The number of unbranched alkanes of at least 4 members (excludes halogenated alkanes) is 2. The standard InChI is InChI=1S/C24H32N4O2/c1-5-7-12-22-26-21-15-20(27-23(29)13-8-6-2)17(3)25-24(21)28(22)16-18-10-9-11-19(14-18)30-4/h9-11,14-15H,5-8,12-13,16H2,1-4H3,(H,27,29). The maximum absolute atomic E-state index is 12.2. The zero-order chi connectivity index (χ0) is 21.5. The van der Waals surface area contributed by atoms with E-state index in [-0.39, 0.29) is 5.91 Å². The fourth-order valence-corrected chi connectivity index (χ4v) is 3.51. The number of aromatic nitrogens is 3. The van der Waals surface area contributed by atoms with Gasteiger partial charge in [0, 0.05) is 12.8 Å². The van der Waals surface area contributed by atoms with Crippen molar-refractivity contribution in [3.05, 3.63) is 47.4 Å². The van der Waals surface area contributed by atoms with Gasteiger partial charge in [0.05, 0.1) is 25.0 Å². The van der Waals surface area contributed by atoms with Gasteiger partial charge in [0.15, 0.2) is 5.65 Å². The summed E-state index contributed by atoms with van der Waals surface area (Å²) in [5.74, 6) is 1.90. The van der Waals surface area contributed by atoms with Gasteiger partial charge in [-0.15, -0.1) is 0 Å². The van der Waals surface area contributed by atoms with Crippen LogP contribution < -0.4 is 10.1 Å². The Hall–Kier alpha value is -2.89. The van der Waals surface area contributed by atoms with E-state index in [9.17, 15) is 4.79 Å². The summed E-state index contributed by atoms with van der Waals surface area (Å²) in [6.07, 6.45) is 5.48. The van der Waals surface area contributed by atoms with Gasteiger partial charge in [-0.05, 0) is 43.5 Å². The van der Waals surface area contributed by atoms with E-state index in [1.807, 2.05) is 31.2 Å². The highest BCUT2D eigenvalue weighted by molar-refractivity contribution is 5.93. The third-order valence-electron chi connectivity index (χ3n) is 5.25. The Balaban J connectivity index is 1.97. The smallest absolute Gasteiger partial charge is 0.224 e. The van der Waals surface area contributed by atoms with Gasteiger partial charge in [-0.25, -0.2) is 9.97 Å². The normalized spacial score (nSPS) is 11.1. The van der Waals surface area contributed by atoms with Gasteiger partial charge in [0.25, 0.3) is 0 Å². The zero-order valence-corrected chi connectivity index (χ0v) is 18.5. The molecule has 0 aliphatic heterocycles. The topological polar surface area (TPSA) is 69.0 Å². The lowest BCUT2D eigenvalue weighted by Crippen LogP contribution is -2.13. The molecule has 1 amide bonds. The average molecular weight is 409 g/mol.